The van der Waals surface area contributed by atoms with Crippen molar-refractivity contribution in [3.63, 3.8) is 0 Å². The van der Waals surface area contributed by atoms with Crippen LogP contribution >= 0.6 is 0 Å². The minimum Gasteiger partial charge on any atom is -0.342 e. The van der Waals surface area contributed by atoms with Crippen LogP contribution in [0.3, 0.4) is 0 Å². The van der Waals surface area contributed by atoms with Crippen molar-refractivity contribution in [2.75, 3.05) is 39.8 Å². The molecule has 1 aromatic carbocycles. The standard InChI is InChI=1S/C22H33N3O2/c1-18-7-6-12-25(15-18)22(27)20-10-13-24(14-11-20)17-21(26)23(2)16-19-8-4-3-5-9-19/h3-5,8-9,18,20H,6-7,10-17H2,1-2H3. The summed E-state index contributed by atoms with van der Waals surface area (Å²) in [6, 6.07) is 10.1. The molecule has 5 nitrogen and oxygen atoms in total. The zero-order valence-electron chi connectivity index (χ0n) is 16.8. The molecule has 0 saturated carbocycles. The number of amides is 2. The summed E-state index contributed by atoms with van der Waals surface area (Å²) in [7, 11) is 1.86. The van der Waals surface area contributed by atoms with Crippen LogP contribution in [0.25, 0.3) is 0 Å². The summed E-state index contributed by atoms with van der Waals surface area (Å²) in [5, 5.41) is 0. The van der Waals surface area contributed by atoms with Crippen molar-refractivity contribution in [3.8, 4) is 0 Å². The van der Waals surface area contributed by atoms with Gasteiger partial charge in [-0.15, -0.1) is 0 Å². The number of carbonyl (C=O) groups is 2. The van der Waals surface area contributed by atoms with Crippen molar-refractivity contribution >= 4 is 11.8 Å². The molecule has 2 saturated heterocycles. The Kier molecular flexibility index (Phi) is 6.89. The van der Waals surface area contributed by atoms with Crippen LogP contribution in [0.2, 0.25) is 0 Å². The summed E-state index contributed by atoms with van der Waals surface area (Å²) in [5.41, 5.74) is 1.15. The van der Waals surface area contributed by atoms with Crippen LogP contribution in [0.4, 0.5) is 0 Å². The molecule has 0 aliphatic carbocycles. The number of hydrogen-bond donors (Lipinski definition) is 0. The lowest BCUT2D eigenvalue weighted by Gasteiger charge is -2.37. The number of nitrogens with zero attached hydrogens (tertiary/aromatic N) is 3. The second-order valence-electron chi connectivity index (χ2n) is 8.32. The van der Waals surface area contributed by atoms with Crippen LogP contribution in [-0.2, 0) is 16.1 Å². The Balaban J connectivity index is 1.42. The van der Waals surface area contributed by atoms with Crippen LogP contribution in [0, 0.1) is 11.8 Å². The summed E-state index contributed by atoms with van der Waals surface area (Å²) in [4.78, 5) is 31.4. The molecule has 0 bridgehead atoms. The average Bonchev–Trinajstić information content (AvgIpc) is 2.69. The van der Waals surface area contributed by atoms with E-state index in [1.54, 1.807) is 4.90 Å². The Morgan fingerprint density at radius 2 is 1.78 bits per heavy atom. The smallest absolute Gasteiger partial charge is 0.236 e. The van der Waals surface area contributed by atoms with Gasteiger partial charge >= 0.3 is 0 Å². The molecule has 5 heteroatoms. The topological polar surface area (TPSA) is 43.9 Å². The molecule has 2 fully saturated rings. The minimum atomic E-state index is 0.142. The van der Waals surface area contributed by atoms with Crippen LogP contribution < -0.4 is 0 Å². The zero-order valence-corrected chi connectivity index (χ0v) is 16.8. The first-order chi connectivity index (χ1) is 13.0. The van der Waals surface area contributed by atoms with Crippen molar-refractivity contribution in [1.29, 1.82) is 0 Å². The van der Waals surface area contributed by atoms with Gasteiger partial charge in [0.15, 0.2) is 0 Å². The number of likely N-dealkylation sites (N-methyl/N-ethyl adjacent to an activating group) is 1. The highest BCUT2D eigenvalue weighted by atomic mass is 16.2. The van der Waals surface area contributed by atoms with Gasteiger partial charge in [0.05, 0.1) is 6.54 Å². The zero-order chi connectivity index (χ0) is 19.2. The lowest BCUT2D eigenvalue weighted by Crippen LogP contribution is -2.47. The molecule has 1 unspecified atom stereocenters. The number of rotatable bonds is 5. The Morgan fingerprint density at radius 3 is 2.44 bits per heavy atom. The van der Waals surface area contributed by atoms with E-state index in [1.807, 2.05) is 37.4 Å². The third-order valence-corrected chi connectivity index (χ3v) is 5.95. The van der Waals surface area contributed by atoms with Gasteiger partial charge in [0.2, 0.25) is 11.8 Å². The molecule has 2 amide bonds. The van der Waals surface area contributed by atoms with E-state index < -0.39 is 0 Å². The molecule has 1 aromatic rings. The maximum atomic E-state index is 12.8. The van der Waals surface area contributed by atoms with E-state index in [1.165, 1.54) is 6.42 Å². The van der Waals surface area contributed by atoms with Crippen LogP contribution in [0.5, 0.6) is 0 Å². The monoisotopic (exact) mass is 371 g/mol. The van der Waals surface area contributed by atoms with Gasteiger partial charge in [0.1, 0.15) is 0 Å². The van der Waals surface area contributed by atoms with E-state index in [-0.39, 0.29) is 11.8 Å². The van der Waals surface area contributed by atoms with Crippen molar-refractivity contribution in [2.45, 2.75) is 39.2 Å². The predicted molar refractivity (Wildman–Crippen MR) is 107 cm³/mol. The maximum absolute atomic E-state index is 12.8. The number of piperidine rings is 2. The molecule has 0 spiro atoms. The highest BCUT2D eigenvalue weighted by molar-refractivity contribution is 5.79. The highest BCUT2D eigenvalue weighted by Crippen LogP contribution is 2.23. The molecule has 2 aliphatic heterocycles. The van der Waals surface area contributed by atoms with E-state index in [2.05, 4.69) is 16.7 Å². The fraction of sp³-hybridized carbons (Fsp3) is 0.636. The summed E-state index contributed by atoms with van der Waals surface area (Å²) in [6.07, 6.45) is 4.12. The van der Waals surface area contributed by atoms with Gasteiger partial charge < -0.3 is 9.80 Å². The SMILES string of the molecule is CC1CCCN(C(=O)C2CCN(CC(=O)N(C)Cc3ccccc3)CC2)C1. The maximum Gasteiger partial charge on any atom is 0.236 e. The van der Waals surface area contributed by atoms with Crippen molar-refractivity contribution < 1.29 is 9.59 Å². The highest BCUT2D eigenvalue weighted by Gasteiger charge is 2.31. The third-order valence-electron chi connectivity index (χ3n) is 5.95. The number of likely N-dealkylation sites (tertiary alicyclic amines) is 2. The van der Waals surface area contributed by atoms with Crippen LogP contribution in [-0.4, -0.2) is 66.3 Å². The molecule has 3 rings (SSSR count). The summed E-state index contributed by atoms with van der Waals surface area (Å²) in [6.45, 7) is 6.84. The van der Waals surface area contributed by atoms with Gasteiger partial charge in [-0.05, 0) is 50.3 Å². The largest absolute Gasteiger partial charge is 0.342 e. The predicted octanol–water partition coefficient (Wildman–Crippen LogP) is 2.62. The molecule has 0 N–H and O–H groups in total. The van der Waals surface area contributed by atoms with Crippen LogP contribution in [0.1, 0.15) is 38.2 Å². The molecule has 0 radical (unpaired) electrons. The fourth-order valence-corrected chi connectivity index (χ4v) is 4.24. The average molecular weight is 372 g/mol. The van der Waals surface area contributed by atoms with Gasteiger partial charge in [0.25, 0.3) is 0 Å². The lowest BCUT2D eigenvalue weighted by molar-refractivity contribution is -0.139. The van der Waals surface area contributed by atoms with Gasteiger partial charge in [-0.2, -0.15) is 0 Å². The first kappa shape index (κ1) is 19.9. The number of hydrogen-bond acceptors (Lipinski definition) is 3. The van der Waals surface area contributed by atoms with Gasteiger partial charge in [-0.1, -0.05) is 37.3 Å². The summed E-state index contributed by atoms with van der Waals surface area (Å²) in [5.74, 6) is 1.26. The Labute approximate surface area is 163 Å². The Hall–Kier alpha value is -1.88. The quantitative estimate of drug-likeness (QED) is 0.799. The molecule has 1 atom stereocenters. The Morgan fingerprint density at radius 1 is 1.07 bits per heavy atom. The molecule has 148 valence electrons. The van der Waals surface area contributed by atoms with Crippen molar-refractivity contribution in [3.05, 3.63) is 35.9 Å². The van der Waals surface area contributed by atoms with Gasteiger partial charge in [-0.25, -0.2) is 0 Å². The normalized spacial score (nSPS) is 21.9. The molecule has 0 aromatic heterocycles. The molecule has 2 heterocycles. The second kappa shape index (κ2) is 9.36. The summed E-state index contributed by atoms with van der Waals surface area (Å²) < 4.78 is 0. The minimum absolute atomic E-state index is 0.142. The summed E-state index contributed by atoms with van der Waals surface area (Å²) >= 11 is 0. The number of carbonyl (C=O) groups excluding carboxylic acids is 2. The second-order valence-corrected chi connectivity index (χ2v) is 8.32. The first-order valence-electron chi connectivity index (χ1n) is 10.3. The number of benzene rings is 1. The van der Waals surface area contributed by atoms with E-state index in [0.717, 1.165) is 51.0 Å². The Bertz CT molecular complexity index is 626. The van der Waals surface area contributed by atoms with E-state index in [9.17, 15) is 9.59 Å². The van der Waals surface area contributed by atoms with Gasteiger partial charge in [-0.3, -0.25) is 14.5 Å². The van der Waals surface area contributed by atoms with Crippen molar-refractivity contribution in [2.24, 2.45) is 11.8 Å². The molecular formula is C22H33N3O2. The van der Waals surface area contributed by atoms with E-state index in [4.69, 9.17) is 0 Å². The van der Waals surface area contributed by atoms with Gasteiger partial charge in [0, 0.05) is 32.6 Å². The molecule has 2 aliphatic rings. The molecule has 27 heavy (non-hydrogen) atoms. The fourth-order valence-electron chi connectivity index (χ4n) is 4.24. The van der Waals surface area contributed by atoms with Crippen molar-refractivity contribution in [1.82, 2.24) is 14.7 Å². The lowest BCUT2D eigenvalue weighted by atomic mass is 9.93. The van der Waals surface area contributed by atoms with E-state index in [0.29, 0.717) is 24.9 Å². The van der Waals surface area contributed by atoms with E-state index >= 15 is 0 Å². The van der Waals surface area contributed by atoms with Crippen LogP contribution in [0.15, 0.2) is 30.3 Å². The third kappa shape index (κ3) is 5.55. The first-order valence-corrected chi connectivity index (χ1v) is 10.3. The molecular weight excluding hydrogens is 338 g/mol.